The van der Waals surface area contributed by atoms with E-state index in [9.17, 15) is 10.1 Å². The molecule has 0 saturated heterocycles. The van der Waals surface area contributed by atoms with Crippen molar-refractivity contribution in [3.8, 4) is 23.2 Å². The van der Waals surface area contributed by atoms with Crippen LogP contribution in [0.5, 0.6) is 5.88 Å². The molecule has 1 atom stereocenters. The lowest BCUT2D eigenvalue weighted by atomic mass is 10.0. The molecule has 1 unspecified atom stereocenters. The highest BCUT2D eigenvalue weighted by atomic mass is 32.2. The van der Waals surface area contributed by atoms with Gasteiger partial charge in [-0.15, -0.1) is 10.2 Å². The quantitative estimate of drug-likeness (QED) is 0.588. The highest BCUT2D eigenvalue weighted by Crippen LogP contribution is 2.44. The second-order valence-electron chi connectivity index (χ2n) is 6.76. The number of carbonyl (C=O) groups is 1. The number of fused-ring (bicyclic) bond motifs is 3. The summed E-state index contributed by atoms with van der Waals surface area (Å²) in [4.78, 5) is 18.9. The summed E-state index contributed by atoms with van der Waals surface area (Å²) in [5.74, 6) is 0.854. The zero-order valence-corrected chi connectivity index (χ0v) is 17.6. The third kappa shape index (κ3) is 3.48. The third-order valence-electron chi connectivity index (χ3n) is 4.72. The summed E-state index contributed by atoms with van der Waals surface area (Å²) in [5, 5.41) is 18.7. The monoisotopic (exact) mass is 417 g/mol. The lowest BCUT2D eigenvalue weighted by Gasteiger charge is -2.30. The van der Waals surface area contributed by atoms with Crippen LogP contribution in [0, 0.1) is 18.3 Å². The van der Waals surface area contributed by atoms with Gasteiger partial charge >= 0.3 is 0 Å². The van der Waals surface area contributed by atoms with Crippen molar-refractivity contribution in [1.82, 2.24) is 15.2 Å². The number of nitriles is 1. The van der Waals surface area contributed by atoms with Gasteiger partial charge in [0.15, 0.2) is 5.69 Å². The predicted octanol–water partition coefficient (Wildman–Crippen LogP) is 4.27. The number of hydrogen-bond donors (Lipinski definition) is 0. The van der Waals surface area contributed by atoms with Crippen molar-refractivity contribution in [1.29, 1.82) is 5.26 Å². The zero-order chi connectivity index (χ0) is 21.3. The predicted molar refractivity (Wildman–Crippen MR) is 114 cm³/mol. The Balaban J connectivity index is 2.01. The number of ether oxygens (including phenoxy) is 1. The Hall–Kier alpha value is -3.44. The van der Waals surface area contributed by atoms with Gasteiger partial charge in [0.1, 0.15) is 0 Å². The SMILES string of the molecule is CCSc1nnc2c(n1)OC(c1ccccc1C#N)N(C(C)=O)c1ccc(C)cc1-2. The molecule has 0 fully saturated rings. The van der Waals surface area contributed by atoms with Gasteiger partial charge in [-0.05, 0) is 30.9 Å². The summed E-state index contributed by atoms with van der Waals surface area (Å²) >= 11 is 1.45. The number of amides is 1. The molecule has 0 spiro atoms. The minimum Gasteiger partial charge on any atom is -0.447 e. The maximum absolute atomic E-state index is 12.8. The Bertz CT molecular complexity index is 1170. The van der Waals surface area contributed by atoms with Crippen LogP contribution < -0.4 is 9.64 Å². The number of nitrogens with zero attached hydrogens (tertiary/aromatic N) is 5. The number of aryl methyl sites for hydroxylation is 1. The molecule has 0 N–H and O–H groups in total. The Morgan fingerprint density at radius 1 is 1.27 bits per heavy atom. The van der Waals surface area contributed by atoms with Gasteiger partial charge in [-0.2, -0.15) is 10.2 Å². The standard InChI is InChI=1S/C22H19N5O2S/c1-4-30-22-24-20-19(25-26-22)17-11-13(2)9-10-18(17)27(14(3)28)21(29-20)16-8-6-5-7-15(16)12-23/h5-11,21H,4H2,1-3H3. The molecule has 0 radical (unpaired) electrons. The van der Waals surface area contributed by atoms with E-state index in [0.717, 1.165) is 11.3 Å². The molecule has 150 valence electrons. The highest BCUT2D eigenvalue weighted by Gasteiger charge is 2.35. The van der Waals surface area contributed by atoms with Gasteiger partial charge in [-0.1, -0.05) is 48.5 Å². The van der Waals surface area contributed by atoms with Crippen molar-refractivity contribution in [2.75, 3.05) is 10.7 Å². The molecule has 0 aliphatic carbocycles. The molecule has 2 heterocycles. The van der Waals surface area contributed by atoms with E-state index >= 15 is 0 Å². The summed E-state index contributed by atoms with van der Waals surface area (Å²) in [6, 6.07) is 15.0. The highest BCUT2D eigenvalue weighted by molar-refractivity contribution is 7.99. The van der Waals surface area contributed by atoms with Crippen LogP contribution in [0.4, 0.5) is 5.69 Å². The summed E-state index contributed by atoms with van der Waals surface area (Å²) < 4.78 is 6.30. The van der Waals surface area contributed by atoms with Crippen LogP contribution in [-0.2, 0) is 4.79 Å². The van der Waals surface area contributed by atoms with E-state index in [0.29, 0.717) is 33.2 Å². The van der Waals surface area contributed by atoms with Gasteiger partial charge in [0, 0.05) is 18.1 Å². The molecule has 1 aliphatic rings. The van der Waals surface area contributed by atoms with E-state index < -0.39 is 6.23 Å². The van der Waals surface area contributed by atoms with Crippen LogP contribution >= 0.6 is 11.8 Å². The molecule has 0 saturated carbocycles. The Morgan fingerprint density at radius 2 is 2.07 bits per heavy atom. The topological polar surface area (TPSA) is 92.0 Å². The molecule has 3 aromatic rings. The van der Waals surface area contributed by atoms with Crippen molar-refractivity contribution in [2.24, 2.45) is 0 Å². The van der Waals surface area contributed by atoms with E-state index in [4.69, 9.17) is 4.74 Å². The van der Waals surface area contributed by atoms with Gasteiger partial charge in [0.05, 0.1) is 17.3 Å². The first-order valence-electron chi connectivity index (χ1n) is 9.47. The van der Waals surface area contributed by atoms with E-state index in [2.05, 4.69) is 21.3 Å². The van der Waals surface area contributed by atoms with E-state index in [1.807, 2.05) is 38.1 Å². The van der Waals surface area contributed by atoms with Crippen LogP contribution in [0.15, 0.2) is 47.6 Å². The van der Waals surface area contributed by atoms with Gasteiger partial charge < -0.3 is 4.74 Å². The Kier molecular flexibility index (Phi) is 5.38. The number of benzene rings is 2. The normalized spacial score (nSPS) is 14.7. The van der Waals surface area contributed by atoms with Crippen LogP contribution in [0.25, 0.3) is 11.3 Å². The van der Waals surface area contributed by atoms with Gasteiger partial charge in [-0.3, -0.25) is 9.69 Å². The minimum absolute atomic E-state index is 0.221. The van der Waals surface area contributed by atoms with E-state index in [1.54, 1.807) is 23.1 Å². The first kappa shape index (κ1) is 19.9. The first-order valence-corrected chi connectivity index (χ1v) is 10.5. The van der Waals surface area contributed by atoms with Crippen LogP contribution in [0.3, 0.4) is 0 Å². The molecule has 2 aromatic carbocycles. The third-order valence-corrected chi connectivity index (χ3v) is 5.44. The second kappa shape index (κ2) is 8.13. The van der Waals surface area contributed by atoms with Crippen LogP contribution in [-0.4, -0.2) is 26.8 Å². The fourth-order valence-corrected chi connectivity index (χ4v) is 3.93. The molecule has 0 bridgehead atoms. The van der Waals surface area contributed by atoms with E-state index in [-0.39, 0.29) is 11.8 Å². The maximum atomic E-state index is 12.8. The Labute approximate surface area is 178 Å². The molecule has 7 nitrogen and oxygen atoms in total. The van der Waals surface area contributed by atoms with Crippen LogP contribution in [0.2, 0.25) is 0 Å². The largest absolute Gasteiger partial charge is 0.447 e. The number of aromatic nitrogens is 3. The summed E-state index contributed by atoms with van der Waals surface area (Å²) in [6.07, 6.45) is -0.864. The molecule has 8 heteroatoms. The lowest BCUT2D eigenvalue weighted by Crippen LogP contribution is -2.36. The van der Waals surface area contributed by atoms with Crippen molar-refractivity contribution >= 4 is 23.4 Å². The molecule has 1 amide bonds. The first-order chi connectivity index (χ1) is 14.5. The second-order valence-corrected chi connectivity index (χ2v) is 7.99. The molecule has 1 aliphatic heterocycles. The molecule has 1 aromatic heterocycles. The molecule has 30 heavy (non-hydrogen) atoms. The average Bonchev–Trinajstić information content (AvgIpc) is 2.88. The lowest BCUT2D eigenvalue weighted by molar-refractivity contribution is -0.118. The fourth-order valence-electron chi connectivity index (χ4n) is 3.43. The summed E-state index contributed by atoms with van der Waals surface area (Å²) in [5.41, 5.74) is 3.83. The van der Waals surface area contributed by atoms with Crippen molar-refractivity contribution in [2.45, 2.75) is 32.2 Å². The average molecular weight is 417 g/mol. The molecular formula is C22H19N5O2S. The van der Waals surface area contributed by atoms with Crippen molar-refractivity contribution < 1.29 is 9.53 Å². The van der Waals surface area contributed by atoms with Gasteiger partial charge in [0.2, 0.25) is 23.2 Å². The number of thioether (sulfide) groups is 1. The van der Waals surface area contributed by atoms with Gasteiger partial charge in [0.25, 0.3) is 0 Å². The number of hydrogen-bond acceptors (Lipinski definition) is 7. The summed E-state index contributed by atoms with van der Waals surface area (Å²) in [7, 11) is 0. The summed E-state index contributed by atoms with van der Waals surface area (Å²) in [6.45, 7) is 5.44. The minimum atomic E-state index is -0.864. The molecule has 4 rings (SSSR count). The van der Waals surface area contributed by atoms with E-state index in [1.165, 1.54) is 18.7 Å². The zero-order valence-electron chi connectivity index (χ0n) is 16.8. The fraction of sp³-hybridized carbons (Fsp3) is 0.227. The molecular weight excluding hydrogens is 398 g/mol. The number of anilines is 1. The maximum Gasteiger partial charge on any atom is 0.247 e. The van der Waals surface area contributed by atoms with Crippen molar-refractivity contribution in [3.63, 3.8) is 0 Å². The number of carbonyl (C=O) groups excluding carboxylic acids is 1. The Morgan fingerprint density at radius 3 is 2.80 bits per heavy atom. The van der Waals surface area contributed by atoms with Gasteiger partial charge in [-0.25, -0.2) is 0 Å². The smallest absolute Gasteiger partial charge is 0.247 e. The van der Waals surface area contributed by atoms with Crippen LogP contribution in [0.1, 0.15) is 36.8 Å². The van der Waals surface area contributed by atoms with Crippen molar-refractivity contribution in [3.05, 3.63) is 59.2 Å². The number of rotatable bonds is 3.